The van der Waals surface area contributed by atoms with Gasteiger partial charge in [0, 0.05) is 0 Å². The van der Waals surface area contributed by atoms with Crippen molar-refractivity contribution < 1.29 is 9.16 Å². The minimum Gasteiger partial charge on any atom is -0.397 e. The molecular weight excluding hydrogens is 242 g/mol. The first-order valence-electron chi connectivity index (χ1n) is 6.89. The van der Waals surface area contributed by atoms with Crippen LogP contribution < -0.4 is 0 Å². The third kappa shape index (κ3) is 1.54. The Morgan fingerprint density at radius 3 is 2.83 bits per heavy atom. The number of hydrogen-bond donors (Lipinski definition) is 0. The molecule has 4 atom stereocenters. The largest absolute Gasteiger partial charge is 0.397 e. The first-order valence-corrected chi connectivity index (χ1v) is 10.3. The summed E-state index contributed by atoms with van der Waals surface area (Å²) in [5.74, 6) is 0.470. The van der Waals surface area contributed by atoms with Crippen LogP contribution in [-0.2, 0) is 9.16 Å². The Morgan fingerprint density at radius 2 is 2.22 bits per heavy atom. The molecule has 3 aliphatic rings. The van der Waals surface area contributed by atoms with Crippen molar-refractivity contribution in [1.29, 1.82) is 5.26 Å². The van der Waals surface area contributed by atoms with E-state index in [0.717, 1.165) is 19.3 Å². The maximum Gasteiger partial charge on any atom is 0.186 e. The van der Waals surface area contributed by atoms with Crippen molar-refractivity contribution in [1.82, 2.24) is 0 Å². The minimum absolute atomic E-state index is 0.214. The molecule has 3 nitrogen and oxygen atoms in total. The number of hydrogen-bond acceptors (Lipinski definition) is 3. The molecule has 0 radical (unpaired) electrons. The quantitative estimate of drug-likeness (QED) is 0.568. The molecule has 98 valence electrons. The van der Waals surface area contributed by atoms with E-state index in [9.17, 15) is 5.26 Å². The molecule has 0 aromatic heterocycles. The van der Waals surface area contributed by atoms with Crippen molar-refractivity contribution in [2.75, 3.05) is 0 Å². The highest BCUT2D eigenvalue weighted by Crippen LogP contribution is 2.57. The Labute approximate surface area is 110 Å². The van der Waals surface area contributed by atoms with Gasteiger partial charge in [0.05, 0.1) is 6.10 Å². The summed E-state index contributed by atoms with van der Waals surface area (Å²) in [6.07, 6.45) is 8.59. The molecule has 18 heavy (non-hydrogen) atoms. The van der Waals surface area contributed by atoms with Crippen molar-refractivity contribution in [3.63, 3.8) is 0 Å². The smallest absolute Gasteiger partial charge is 0.186 e. The highest BCUT2D eigenvalue weighted by Gasteiger charge is 2.65. The zero-order chi connectivity index (χ0) is 13.0. The van der Waals surface area contributed by atoms with Crippen molar-refractivity contribution in [3.8, 4) is 6.07 Å². The van der Waals surface area contributed by atoms with E-state index in [-0.39, 0.29) is 6.10 Å². The van der Waals surface area contributed by atoms with Crippen LogP contribution in [0.2, 0.25) is 19.6 Å². The average molecular weight is 263 g/mol. The highest BCUT2D eigenvalue weighted by atomic mass is 28.4. The van der Waals surface area contributed by atoms with Gasteiger partial charge in [-0.05, 0) is 51.2 Å². The van der Waals surface area contributed by atoms with Gasteiger partial charge in [0.15, 0.2) is 13.9 Å². The number of ether oxygens (including phenoxy) is 1. The van der Waals surface area contributed by atoms with Crippen LogP contribution in [0.1, 0.15) is 25.7 Å². The molecule has 0 amide bonds. The summed E-state index contributed by atoms with van der Waals surface area (Å²) in [5.41, 5.74) is -1.20. The number of fused-ring (bicyclic) bond motifs is 1. The topological polar surface area (TPSA) is 42.2 Å². The maximum absolute atomic E-state index is 9.80. The molecule has 1 unspecified atom stereocenters. The lowest BCUT2D eigenvalue weighted by Crippen LogP contribution is -2.61. The molecule has 0 aromatic carbocycles. The van der Waals surface area contributed by atoms with E-state index in [0.29, 0.717) is 5.92 Å². The van der Waals surface area contributed by atoms with Crippen LogP contribution >= 0.6 is 0 Å². The Balaban J connectivity index is 2.03. The van der Waals surface area contributed by atoms with Crippen LogP contribution in [0, 0.1) is 17.2 Å². The summed E-state index contributed by atoms with van der Waals surface area (Å²) in [4.78, 5) is 0. The summed E-state index contributed by atoms with van der Waals surface area (Å²) in [6, 6.07) is 2.50. The molecule has 1 aliphatic carbocycles. The van der Waals surface area contributed by atoms with Gasteiger partial charge in [-0.15, -0.1) is 0 Å². The van der Waals surface area contributed by atoms with Crippen molar-refractivity contribution in [3.05, 3.63) is 12.2 Å². The summed E-state index contributed by atoms with van der Waals surface area (Å²) in [5, 5.41) is 9.80. The van der Waals surface area contributed by atoms with Gasteiger partial charge in [-0.1, -0.05) is 12.2 Å². The van der Waals surface area contributed by atoms with Gasteiger partial charge < -0.3 is 9.16 Å². The normalized spacial score (nSPS) is 45.9. The molecule has 0 aromatic rings. The first kappa shape index (κ1) is 12.4. The van der Waals surface area contributed by atoms with Crippen LogP contribution in [0.15, 0.2) is 12.2 Å². The second kappa shape index (κ2) is 3.69. The molecule has 2 bridgehead atoms. The summed E-state index contributed by atoms with van der Waals surface area (Å²) < 4.78 is 12.5. The van der Waals surface area contributed by atoms with Gasteiger partial charge in [-0.3, -0.25) is 0 Å². The predicted molar refractivity (Wildman–Crippen MR) is 71.5 cm³/mol. The molecule has 2 heterocycles. The monoisotopic (exact) mass is 263 g/mol. The molecule has 1 spiro atoms. The van der Waals surface area contributed by atoms with Crippen molar-refractivity contribution in [2.24, 2.45) is 5.92 Å². The van der Waals surface area contributed by atoms with E-state index in [1.165, 1.54) is 6.42 Å². The third-order valence-corrected chi connectivity index (χ3v) is 5.36. The van der Waals surface area contributed by atoms with Crippen molar-refractivity contribution in [2.45, 2.75) is 62.6 Å². The minimum atomic E-state index is -1.78. The zero-order valence-electron chi connectivity index (χ0n) is 11.4. The lowest BCUT2D eigenvalue weighted by atomic mass is 9.64. The fraction of sp³-hybridized carbons (Fsp3) is 0.786. The number of rotatable bonds is 2. The number of nitriles is 1. The second-order valence-corrected chi connectivity index (χ2v) is 11.2. The third-order valence-electron chi connectivity index (χ3n) is 4.40. The standard InChI is InChI=1S/C14H21NO2Si/c1-18(2,3)17-13(10-15)7-4-5-11-9-12-6-8-14(11,13)16-12/h6,8,11-12H,4-5,7,9H2,1-3H3/t11-,12-,13?,14+/m0/s1. The highest BCUT2D eigenvalue weighted by molar-refractivity contribution is 6.69. The van der Waals surface area contributed by atoms with E-state index in [2.05, 4.69) is 37.9 Å². The van der Waals surface area contributed by atoms with Crippen LogP contribution in [0.5, 0.6) is 0 Å². The van der Waals surface area contributed by atoms with Gasteiger partial charge in [0.2, 0.25) is 0 Å². The molecule has 2 fully saturated rings. The molecule has 0 N–H and O–H groups in total. The Hall–Kier alpha value is -0.633. The van der Waals surface area contributed by atoms with Crippen LogP contribution in [0.3, 0.4) is 0 Å². The van der Waals surface area contributed by atoms with Gasteiger partial charge in [-0.2, -0.15) is 5.26 Å². The van der Waals surface area contributed by atoms with Gasteiger partial charge in [-0.25, -0.2) is 0 Å². The van der Waals surface area contributed by atoms with Crippen LogP contribution in [-0.4, -0.2) is 25.6 Å². The SMILES string of the molecule is C[Si](C)(C)OC1(C#N)CCC[C@H]2C[C@@H]3C=C[C@@]21O3. The fourth-order valence-corrected chi connectivity index (χ4v) is 5.25. The molecule has 2 aliphatic heterocycles. The van der Waals surface area contributed by atoms with E-state index in [4.69, 9.17) is 9.16 Å². The fourth-order valence-electron chi connectivity index (χ4n) is 3.90. The molecular formula is C14H21NO2Si. The lowest BCUT2D eigenvalue weighted by Gasteiger charge is -2.49. The Morgan fingerprint density at radius 1 is 1.44 bits per heavy atom. The zero-order valence-corrected chi connectivity index (χ0v) is 12.4. The van der Waals surface area contributed by atoms with E-state index in [1.54, 1.807) is 0 Å². The summed E-state index contributed by atoms with van der Waals surface area (Å²) >= 11 is 0. The van der Waals surface area contributed by atoms with Gasteiger partial charge >= 0.3 is 0 Å². The first-order chi connectivity index (χ1) is 8.41. The average Bonchev–Trinajstić information content (AvgIpc) is 2.85. The second-order valence-electron chi connectivity index (χ2n) is 6.79. The van der Waals surface area contributed by atoms with E-state index < -0.39 is 19.5 Å². The van der Waals surface area contributed by atoms with E-state index >= 15 is 0 Å². The lowest BCUT2D eigenvalue weighted by molar-refractivity contribution is -0.128. The maximum atomic E-state index is 9.80. The van der Waals surface area contributed by atoms with Crippen molar-refractivity contribution >= 4 is 8.32 Å². The molecule has 1 saturated heterocycles. The van der Waals surface area contributed by atoms with Crippen LogP contribution in [0.25, 0.3) is 0 Å². The Kier molecular flexibility index (Phi) is 2.54. The van der Waals surface area contributed by atoms with Crippen LogP contribution in [0.4, 0.5) is 0 Å². The molecule has 1 saturated carbocycles. The van der Waals surface area contributed by atoms with Gasteiger partial charge in [0.1, 0.15) is 11.7 Å². The molecule has 4 heteroatoms. The summed E-state index contributed by atoms with van der Waals surface area (Å²) in [7, 11) is -1.78. The molecule has 3 rings (SSSR count). The Bertz CT molecular complexity index is 436. The predicted octanol–water partition coefficient (Wildman–Crippen LogP) is 3.00. The van der Waals surface area contributed by atoms with Gasteiger partial charge in [0.25, 0.3) is 0 Å². The summed E-state index contributed by atoms with van der Waals surface area (Å²) in [6.45, 7) is 6.45. The van der Waals surface area contributed by atoms with E-state index in [1.807, 2.05) is 0 Å². The number of nitrogens with zero attached hydrogens (tertiary/aromatic N) is 1.